The highest BCUT2D eigenvalue weighted by molar-refractivity contribution is 7.98. The van der Waals surface area contributed by atoms with Crippen molar-refractivity contribution in [1.29, 1.82) is 0 Å². The fourth-order valence-corrected chi connectivity index (χ4v) is 3.05. The molecule has 0 atom stereocenters. The van der Waals surface area contributed by atoms with Crippen LogP contribution in [0.3, 0.4) is 0 Å². The molecule has 2 rings (SSSR count). The molecular formula is C15H20N4S. The largest absolute Gasteiger partial charge is 0.308 e. The first kappa shape index (κ1) is 14.8. The summed E-state index contributed by atoms with van der Waals surface area (Å²) < 4.78 is 0. The second-order valence-corrected chi connectivity index (χ2v) is 5.64. The Morgan fingerprint density at radius 2 is 2.15 bits per heavy atom. The molecule has 20 heavy (non-hydrogen) atoms. The molecule has 0 aliphatic rings. The molecule has 0 spiro atoms. The van der Waals surface area contributed by atoms with Gasteiger partial charge in [-0.15, -0.1) is 11.8 Å². The van der Waals surface area contributed by atoms with Crippen LogP contribution >= 0.6 is 11.8 Å². The fourth-order valence-electron chi connectivity index (χ4n) is 2.07. The Labute approximate surface area is 124 Å². The minimum absolute atomic E-state index is 0.730. The standard InChI is InChI=1S/C15H20N4S/c1-3-5-13-14(19-16)17-10-18-15(13)20-9-12-7-4-6-11(2)8-12/h4,6-8,10H,3,5,9,16H2,1-2H3,(H,17,18,19). The highest BCUT2D eigenvalue weighted by Gasteiger charge is 2.10. The van der Waals surface area contributed by atoms with Crippen LogP contribution < -0.4 is 11.3 Å². The normalized spacial score (nSPS) is 10.6. The Kier molecular flexibility index (Phi) is 5.38. The first-order valence-corrected chi connectivity index (χ1v) is 7.72. The van der Waals surface area contributed by atoms with Crippen molar-refractivity contribution in [2.24, 2.45) is 5.84 Å². The number of thioether (sulfide) groups is 1. The molecule has 1 aromatic heterocycles. The second-order valence-electron chi connectivity index (χ2n) is 4.68. The lowest BCUT2D eigenvalue weighted by Gasteiger charge is -2.11. The number of rotatable bonds is 6. The van der Waals surface area contributed by atoms with Gasteiger partial charge >= 0.3 is 0 Å². The van der Waals surface area contributed by atoms with Crippen molar-refractivity contribution >= 4 is 17.6 Å². The summed E-state index contributed by atoms with van der Waals surface area (Å²) >= 11 is 1.73. The van der Waals surface area contributed by atoms with Crippen LogP contribution in [0, 0.1) is 6.92 Å². The van der Waals surface area contributed by atoms with Crippen LogP contribution in [0.1, 0.15) is 30.0 Å². The highest BCUT2D eigenvalue weighted by Crippen LogP contribution is 2.28. The zero-order chi connectivity index (χ0) is 14.4. The third-order valence-electron chi connectivity index (χ3n) is 3.00. The van der Waals surface area contributed by atoms with Crippen LogP contribution in [0.2, 0.25) is 0 Å². The third-order valence-corrected chi connectivity index (χ3v) is 4.10. The number of hydrogen-bond acceptors (Lipinski definition) is 5. The number of nitrogens with zero attached hydrogens (tertiary/aromatic N) is 2. The van der Waals surface area contributed by atoms with Crippen molar-refractivity contribution in [3.8, 4) is 0 Å². The maximum absolute atomic E-state index is 5.53. The second kappa shape index (κ2) is 7.26. The summed E-state index contributed by atoms with van der Waals surface area (Å²) in [7, 11) is 0. The van der Waals surface area contributed by atoms with Crippen LogP contribution in [0.4, 0.5) is 5.82 Å². The quantitative estimate of drug-likeness (QED) is 0.369. The van der Waals surface area contributed by atoms with Crippen LogP contribution in [0.25, 0.3) is 0 Å². The Bertz CT molecular complexity index is 572. The van der Waals surface area contributed by atoms with Crippen molar-refractivity contribution in [1.82, 2.24) is 9.97 Å². The number of hydrogen-bond donors (Lipinski definition) is 2. The summed E-state index contributed by atoms with van der Waals surface area (Å²) in [4.78, 5) is 8.58. The number of nitrogens with two attached hydrogens (primary N) is 1. The number of nitrogen functional groups attached to an aromatic ring is 1. The third kappa shape index (κ3) is 3.71. The average molecular weight is 288 g/mol. The summed E-state index contributed by atoms with van der Waals surface area (Å²) in [5, 5.41) is 1.01. The zero-order valence-corrected chi connectivity index (χ0v) is 12.7. The number of anilines is 1. The predicted octanol–water partition coefficient (Wildman–Crippen LogP) is 3.32. The number of aryl methyl sites for hydroxylation is 1. The highest BCUT2D eigenvalue weighted by atomic mass is 32.2. The van der Waals surface area contributed by atoms with Crippen LogP contribution in [0.5, 0.6) is 0 Å². The molecule has 0 bridgehead atoms. The smallest absolute Gasteiger partial charge is 0.147 e. The molecule has 4 nitrogen and oxygen atoms in total. The first-order chi connectivity index (χ1) is 9.74. The minimum atomic E-state index is 0.730. The van der Waals surface area contributed by atoms with Crippen LogP contribution in [-0.4, -0.2) is 9.97 Å². The summed E-state index contributed by atoms with van der Waals surface area (Å²) in [5.74, 6) is 7.16. The summed E-state index contributed by atoms with van der Waals surface area (Å²) in [6.07, 6.45) is 3.53. The van der Waals surface area contributed by atoms with Crippen molar-refractivity contribution in [2.75, 3.05) is 5.43 Å². The lowest BCUT2D eigenvalue weighted by molar-refractivity contribution is 0.856. The summed E-state index contributed by atoms with van der Waals surface area (Å²) in [6, 6.07) is 8.54. The van der Waals surface area contributed by atoms with Crippen LogP contribution in [-0.2, 0) is 12.2 Å². The van der Waals surface area contributed by atoms with E-state index >= 15 is 0 Å². The lowest BCUT2D eigenvalue weighted by Crippen LogP contribution is -2.12. The summed E-state index contributed by atoms with van der Waals surface area (Å²) in [5.41, 5.74) is 6.36. The van der Waals surface area contributed by atoms with Gasteiger partial charge in [0, 0.05) is 11.3 Å². The van der Waals surface area contributed by atoms with Gasteiger partial charge in [0.25, 0.3) is 0 Å². The predicted molar refractivity (Wildman–Crippen MR) is 84.6 cm³/mol. The van der Waals surface area contributed by atoms with Gasteiger partial charge in [0.1, 0.15) is 17.2 Å². The van der Waals surface area contributed by atoms with Gasteiger partial charge in [-0.1, -0.05) is 43.2 Å². The van der Waals surface area contributed by atoms with E-state index in [2.05, 4.69) is 53.5 Å². The lowest BCUT2D eigenvalue weighted by atomic mass is 10.2. The Morgan fingerprint density at radius 3 is 2.85 bits per heavy atom. The number of nitrogens with one attached hydrogen (secondary N) is 1. The molecule has 0 aliphatic heterocycles. The van der Waals surface area contributed by atoms with E-state index < -0.39 is 0 Å². The molecule has 5 heteroatoms. The molecule has 0 amide bonds. The molecule has 3 N–H and O–H groups in total. The molecule has 0 unspecified atom stereocenters. The van der Waals surface area contributed by atoms with E-state index in [-0.39, 0.29) is 0 Å². The molecule has 1 heterocycles. The van der Waals surface area contributed by atoms with Crippen molar-refractivity contribution < 1.29 is 0 Å². The van der Waals surface area contributed by atoms with Gasteiger partial charge in [-0.3, -0.25) is 0 Å². The molecule has 0 saturated carbocycles. The topological polar surface area (TPSA) is 63.8 Å². The van der Waals surface area contributed by atoms with Gasteiger partial charge < -0.3 is 5.43 Å². The number of aromatic nitrogens is 2. The SMILES string of the molecule is CCCc1c(NN)ncnc1SCc1cccc(C)c1. The van der Waals surface area contributed by atoms with E-state index in [1.165, 1.54) is 11.1 Å². The van der Waals surface area contributed by atoms with Gasteiger partial charge in [-0.2, -0.15) is 0 Å². The molecular weight excluding hydrogens is 268 g/mol. The molecule has 0 radical (unpaired) electrons. The molecule has 2 aromatic rings. The first-order valence-electron chi connectivity index (χ1n) is 6.73. The summed E-state index contributed by atoms with van der Waals surface area (Å²) in [6.45, 7) is 4.25. The van der Waals surface area contributed by atoms with Crippen molar-refractivity contribution in [3.63, 3.8) is 0 Å². The molecule has 106 valence electrons. The average Bonchev–Trinajstić information content (AvgIpc) is 2.46. The van der Waals surface area contributed by atoms with E-state index in [0.29, 0.717) is 0 Å². The van der Waals surface area contributed by atoms with E-state index in [1.54, 1.807) is 18.1 Å². The Morgan fingerprint density at radius 1 is 1.30 bits per heavy atom. The monoisotopic (exact) mass is 288 g/mol. The Hall–Kier alpha value is -1.59. The maximum Gasteiger partial charge on any atom is 0.147 e. The fraction of sp³-hybridized carbons (Fsp3) is 0.333. The van der Waals surface area contributed by atoms with E-state index in [0.717, 1.165) is 35.0 Å². The van der Waals surface area contributed by atoms with Crippen molar-refractivity contribution in [2.45, 2.75) is 37.5 Å². The molecule has 0 fully saturated rings. The maximum atomic E-state index is 5.53. The van der Waals surface area contributed by atoms with E-state index in [9.17, 15) is 0 Å². The number of benzene rings is 1. The van der Waals surface area contributed by atoms with Gasteiger partial charge in [-0.05, 0) is 18.9 Å². The minimum Gasteiger partial charge on any atom is -0.308 e. The Balaban J connectivity index is 2.16. The molecule has 0 aliphatic carbocycles. The van der Waals surface area contributed by atoms with Crippen molar-refractivity contribution in [3.05, 3.63) is 47.3 Å². The van der Waals surface area contributed by atoms with Gasteiger partial charge in [0.05, 0.1) is 0 Å². The van der Waals surface area contributed by atoms with Gasteiger partial charge in [0.15, 0.2) is 0 Å². The number of hydrazine groups is 1. The molecule has 1 aromatic carbocycles. The van der Waals surface area contributed by atoms with E-state index in [4.69, 9.17) is 5.84 Å². The van der Waals surface area contributed by atoms with Gasteiger partial charge in [0.2, 0.25) is 0 Å². The van der Waals surface area contributed by atoms with E-state index in [1.807, 2.05) is 0 Å². The van der Waals surface area contributed by atoms with Crippen LogP contribution in [0.15, 0.2) is 35.6 Å². The molecule has 0 saturated heterocycles. The van der Waals surface area contributed by atoms with Gasteiger partial charge in [-0.25, -0.2) is 15.8 Å². The zero-order valence-electron chi connectivity index (χ0n) is 11.9.